The van der Waals surface area contributed by atoms with Crippen LogP contribution in [0.15, 0.2) is 18.2 Å². The van der Waals surface area contributed by atoms with Gasteiger partial charge in [0.25, 0.3) is 0 Å². The van der Waals surface area contributed by atoms with Crippen molar-refractivity contribution in [2.75, 3.05) is 5.73 Å². The smallest absolute Gasteiger partial charge is 0.149 e. The molecular weight excluding hydrogens is 286 g/mol. The lowest BCUT2D eigenvalue weighted by Gasteiger charge is -2.15. The van der Waals surface area contributed by atoms with Crippen molar-refractivity contribution in [2.24, 2.45) is 0 Å². The molecule has 0 bridgehead atoms. The van der Waals surface area contributed by atoms with E-state index >= 15 is 0 Å². The first-order chi connectivity index (χ1) is 11.2. The van der Waals surface area contributed by atoms with E-state index in [1.807, 2.05) is 12.1 Å². The van der Waals surface area contributed by atoms with Crippen molar-refractivity contribution in [1.29, 1.82) is 0 Å². The largest absolute Gasteiger partial charge is 0.507 e. The van der Waals surface area contributed by atoms with Crippen LogP contribution in [0.3, 0.4) is 0 Å². The first-order valence-electron chi connectivity index (χ1n) is 8.11. The van der Waals surface area contributed by atoms with Gasteiger partial charge in [0.15, 0.2) is 0 Å². The van der Waals surface area contributed by atoms with Crippen molar-refractivity contribution >= 4 is 5.82 Å². The van der Waals surface area contributed by atoms with Gasteiger partial charge in [0.2, 0.25) is 0 Å². The molecule has 0 amide bonds. The van der Waals surface area contributed by atoms with E-state index < -0.39 is 0 Å². The fourth-order valence-corrected chi connectivity index (χ4v) is 3.22. The summed E-state index contributed by atoms with van der Waals surface area (Å²) in [5.41, 5.74) is 10.8. The van der Waals surface area contributed by atoms with E-state index in [1.54, 1.807) is 13.0 Å². The fraction of sp³-hybridized carbons (Fsp3) is 0.368. The maximum absolute atomic E-state index is 10.4. The summed E-state index contributed by atoms with van der Waals surface area (Å²) >= 11 is 0. The van der Waals surface area contributed by atoms with E-state index in [9.17, 15) is 5.11 Å². The Morgan fingerprint density at radius 1 is 1.09 bits per heavy atom. The van der Waals surface area contributed by atoms with Gasteiger partial charge in [0.1, 0.15) is 17.3 Å². The molecule has 0 spiro atoms. The Morgan fingerprint density at radius 2 is 1.78 bits per heavy atom. The Labute approximate surface area is 135 Å². The molecule has 0 saturated heterocycles. The van der Waals surface area contributed by atoms with Crippen LogP contribution in [0.2, 0.25) is 0 Å². The quantitative estimate of drug-likeness (QED) is 0.851. The molecular formula is C19H19N3O. The van der Waals surface area contributed by atoms with E-state index in [4.69, 9.17) is 5.73 Å². The normalized spacial score (nSPS) is 16.7. The van der Waals surface area contributed by atoms with Gasteiger partial charge >= 0.3 is 0 Å². The van der Waals surface area contributed by atoms with E-state index in [2.05, 4.69) is 22.0 Å². The van der Waals surface area contributed by atoms with Gasteiger partial charge in [0, 0.05) is 16.7 Å². The highest BCUT2D eigenvalue weighted by Gasteiger charge is 2.37. The Bertz CT molecular complexity index is 840. The van der Waals surface area contributed by atoms with Gasteiger partial charge in [-0.2, -0.15) is 0 Å². The van der Waals surface area contributed by atoms with Crippen molar-refractivity contribution in [3.63, 3.8) is 0 Å². The van der Waals surface area contributed by atoms with E-state index in [-0.39, 0.29) is 5.75 Å². The number of rotatable bonds is 3. The maximum Gasteiger partial charge on any atom is 0.149 e. The number of nitrogen functional groups attached to an aromatic ring is 1. The van der Waals surface area contributed by atoms with Gasteiger partial charge < -0.3 is 10.8 Å². The zero-order chi connectivity index (χ0) is 16.0. The van der Waals surface area contributed by atoms with Gasteiger partial charge in [0.05, 0.1) is 0 Å². The number of hydrogen-bond donors (Lipinski definition) is 2. The van der Waals surface area contributed by atoms with E-state index in [1.165, 1.54) is 24.0 Å². The molecule has 0 unspecified atom stereocenters. The molecule has 2 aliphatic rings. The van der Waals surface area contributed by atoms with Crippen molar-refractivity contribution in [3.8, 4) is 28.8 Å². The van der Waals surface area contributed by atoms with Crippen LogP contribution in [-0.4, -0.2) is 15.3 Å². The lowest BCUT2D eigenvalue weighted by molar-refractivity contribution is 0.477. The van der Waals surface area contributed by atoms with Crippen molar-refractivity contribution in [3.05, 3.63) is 34.9 Å². The number of phenols is 1. The summed E-state index contributed by atoms with van der Waals surface area (Å²) < 4.78 is 0. The standard InChI is InChI=1S/C19H19N3O/c1-2-3-11-4-9-14(15(23)10-11)18-16(12-5-6-12)17(13-7-8-13)19(20)22-21-18/h4,9-10,12-13,23H,5-8H2,1H3,(H2,20,22). The third-order valence-electron chi connectivity index (χ3n) is 4.57. The molecule has 0 radical (unpaired) electrons. The minimum absolute atomic E-state index is 0.202. The maximum atomic E-state index is 10.4. The van der Waals surface area contributed by atoms with Gasteiger partial charge in [-0.25, -0.2) is 0 Å². The second-order valence-corrected chi connectivity index (χ2v) is 6.42. The molecule has 4 heteroatoms. The third-order valence-corrected chi connectivity index (χ3v) is 4.57. The van der Waals surface area contributed by atoms with Crippen molar-refractivity contribution < 1.29 is 5.11 Å². The summed E-state index contributed by atoms with van der Waals surface area (Å²) in [4.78, 5) is 0. The van der Waals surface area contributed by atoms with Crippen LogP contribution in [0.1, 0.15) is 61.1 Å². The Balaban J connectivity index is 1.88. The summed E-state index contributed by atoms with van der Waals surface area (Å²) in [5.74, 6) is 7.59. The highest BCUT2D eigenvalue weighted by molar-refractivity contribution is 5.74. The molecule has 1 heterocycles. The first-order valence-corrected chi connectivity index (χ1v) is 8.11. The molecule has 4 nitrogen and oxygen atoms in total. The highest BCUT2D eigenvalue weighted by atomic mass is 16.3. The summed E-state index contributed by atoms with van der Waals surface area (Å²) in [7, 11) is 0. The van der Waals surface area contributed by atoms with Crippen LogP contribution >= 0.6 is 0 Å². The molecule has 2 saturated carbocycles. The van der Waals surface area contributed by atoms with E-state index in [0.29, 0.717) is 17.7 Å². The number of benzene rings is 1. The Morgan fingerprint density at radius 3 is 2.39 bits per heavy atom. The second kappa shape index (κ2) is 5.27. The lowest BCUT2D eigenvalue weighted by Crippen LogP contribution is -2.06. The lowest BCUT2D eigenvalue weighted by atomic mass is 9.94. The van der Waals surface area contributed by atoms with Crippen LogP contribution in [0.5, 0.6) is 5.75 Å². The number of anilines is 1. The summed E-state index contributed by atoms with van der Waals surface area (Å²) in [6, 6.07) is 5.49. The second-order valence-electron chi connectivity index (χ2n) is 6.42. The summed E-state index contributed by atoms with van der Waals surface area (Å²) in [5, 5.41) is 19.0. The van der Waals surface area contributed by atoms with Crippen LogP contribution in [0.4, 0.5) is 5.82 Å². The molecule has 2 aliphatic carbocycles. The average Bonchev–Trinajstić information content (AvgIpc) is 3.40. The van der Waals surface area contributed by atoms with Crippen LogP contribution in [-0.2, 0) is 0 Å². The monoisotopic (exact) mass is 305 g/mol. The summed E-state index contributed by atoms with van der Waals surface area (Å²) in [6.07, 6.45) is 4.67. The predicted octanol–water partition coefficient (Wildman–Crippen LogP) is 3.56. The molecule has 116 valence electrons. The van der Waals surface area contributed by atoms with Gasteiger partial charge in [-0.05, 0) is 68.2 Å². The minimum atomic E-state index is 0.202. The number of hydrogen-bond acceptors (Lipinski definition) is 4. The molecule has 4 rings (SSSR count). The minimum Gasteiger partial charge on any atom is -0.507 e. The molecule has 1 aromatic heterocycles. The number of nitrogens with zero attached hydrogens (tertiary/aromatic N) is 2. The predicted molar refractivity (Wildman–Crippen MR) is 90.0 cm³/mol. The Hall–Kier alpha value is -2.54. The van der Waals surface area contributed by atoms with Gasteiger partial charge in [-0.15, -0.1) is 16.1 Å². The molecule has 23 heavy (non-hydrogen) atoms. The van der Waals surface area contributed by atoms with E-state index in [0.717, 1.165) is 29.7 Å². The highest BCUT2D eigenvalue weighted by Crippen LogP contribution is 2.53. The number of nitrogens with two attached hydrogens (primary N) is 1. The summed E-state index contributed by atoms with van der Waals surface area (Å²) in [6.45, 7) is 1.78. The molecule has 0 atom stereocenters. The SMILES string of the molecule is CC#Cc1ccc(-c2nnc(N)c(C3CC3)c2C2CC2)c(O)c1. The molecule has 1 aromatic carbocycles. The number of aromatic nitrogens is 2. The zero-order valence-electron chi connectivity index (χ0n) is 13.1. The van der Waals surface area contributed by atoms with Crippen molar-refractivity contribution in [1.82, 2.24) is 10.2 Å². The molecule has 2 fully saturated rings. The van der Waals surface area contributed by atoms with Gasteiger partial charge in [-0.1, -0.05) is 5.92 Å². The van der Waals surface area contributed by atoms with Crippen LogP contribution in [0.25, 0.3) is 11.3 Å². The van der Waals surface area contributed by atoms with Crippen LogP contribution in [0, 0.1) is 11.8 Å². The fourth-order valence-electron chi connectivity index (χ4n) is 3.22. The molecule has 2 aromatic rings. The molecule has 3 N–H and O–H groups in total. The number of aromatic hydroxyl groups is 1. The Kier molecular flexibility index (Phi) is 3.23. The molecule has 0 aliphatic heterocycles. The van der Waals surface area contributed by atoms with Crippen LogP contribution < -0.4 is 5.73 Å². The first kappa shape index (κ1) is 14.1. The average molecular weight is 305 g/mol. The van der Waals surface area contributed by atoms with Crippen molar-refractivity contribution in [2.45, 2.75) is 44.4 Å². The third kappa shape index (κ3) is 2.53. The van der Waals surface area contributed by atoms with Gasteiger partial charge in [-0.3, -0.25) is 0 Å². The zero-order valence-corrected chi connectivity index (χ0v) is 13.1. The topological polar surface area (TPSA) is 72.0 Å². The number of phenolic OH excluding ortho intramolecular Hbond substituents is 1.